The molecule has 40 heavy (non-hydrogen) atoms. The maximum absolute atomic E-state index is 12.9. The molecule has 214 valence electrons. The van der Waals surface area contributed by atoms with Crippen LogP contribution in [0.15, 0.2) is 47.3 Å². The molecule has 2 fully saturated rings. The van der Waals surface area contributed by atoms with Crippen molar-refractivity contribution in [3.8, 4) is 11.3 Å². The summed E-state index contributed by atoms with van der Waals surface area (Å²) in [5.74, 6) is -0.535. The van der Waals surface area contributed by atoms with Crippen molar-refractivity contribution in [2.45, 2.75) is 62.8 Å². The first-order valence-corrected chi connectivity index (χ1v) is 13.5. The largest absolute Gasteiger partial charge is 0.451 e. The highest BCUT2D eigenvalue weighted by molar-refractivity contribution is 5.89. The van der Waals surface area contributed by atoms with E-state index in [9.17, 15) is 18.0 Å². The number of halogens is 3. The fourth-order valence-electron chi connectivity index (χ4n) is 5.36. The fourth-order valence-corrected chi connectivity index (χ4v) is 5.36. The molecule has 13 heteroatoms. The van der Waals surface area contributed by atoms with Gasteiger partial charge in [-0.15, -0.1) is 0 Å². The van der Waals surface area contributed by atoms with Gasteiger partial charge in [0.25, 0.3) is 6.01 Å². The minimum atomic E-state index is -4.55. The number of rotatable bonds is 7. The molecule has 1 saturated heterocycles. The van der Waals surface area contributed by atoms with Crippen molar-refractivity contribution in [2.75, 3.05) is 35.7 Å². The molecule has 3 heterocycles. The number of carbonyl (C=O) groups is 1. The van der Waals surface area contributed by atoms with Crippen molar-refractivity contribution in [3.63, 3.8) is 0 Å². The normalized spacial score (nSPS) is 21.6. The Morgan fingerprint density at radius 2 is 1.80 bits per heavy atom. The molecule has 1 saturated carbocycles. The number of nitrogens with zero attached hydrogens (tertiary/aromatic N) is 4. The second kappa shape index (κ2) is 12.1. The van der Waals surface area contributed by atoms with Crippen molar-refractivity contribution in [1.82, 2.24) is 25.6 Å². The average molecular weight is 559 g/mol. The van der Waals surface area contributed by atoms with Crippen LogP contribution in [0.3, 0.4) is 0 Å². The van der Waals surface area contributed by atoms with Crippen molar-refractivity contribution in [3.05, 3.63) is 48.7 Å². The van der Waals surface area contributed by atoms with Gasteiger partial charge in [0.15, 0.2) is 5.76 Å². The van der Waals surface area contributed by atoms with Crippen LogP contribution in [0.5, 0.6) is 0 Å². The van der Waals surface area contributed by atoms with Gasteiger partial charge in [-0.25, -0.2) is 19.7 Å². The highest BCUT2D eigenvalue weighted by Gasteiger charge is 2.35. The first-order chi connectivity index (χ1) is 19.3. The molecule has 3 atom stereocenters. The number of oxazole rings is 1. The van der Waals surface area contributed by atoms with Crippen LogP contribution in [-0.4, -0.2) is 59.2 Å². The van der Waals surface area contributed by atoms with Gasteiger partial charge in [0.1, 0.15) is 0 Å². The summed E-state index contributed by atoms with van der Waals surface area (Å²) in [5, 5.41) is 12.5. The number of benzene rings is 1. The molecule has 0 bridgehead atoms. The molecule has 1 aliphatic heterocycles. The van der Waals surface area contributed by atoms with Crippen LogP contribution in [0.25, 0.3) is 11.3 Å². The smallest absolute Gasteiger partial charge is 0.424 e. The molecule has 2 aromatic heterocycles. The number of nitrogens with one attached hydrogen (secondary N) is 4. The summed E-state index contributed by atoms with van der Waals surface area (Å²) in [6.45, 7) is 1.42. The second-order valence-electron chi connectivity index (χ2n) is 10.2. The van der Waals surface area contributed by atoms with Crippen LogP contribution in [0.1, 0.15) is 44.3 Å². The Bertz CT molecular complexity index is 1280. The lowest BCUT2D eigenvalue weighted by Crippen LogP contribution is -2.55. The van der Waals surface area contributed by atoms with Gasteiger partial charge >= 0.3 is 12.2 Å². The van der Waals surface area contributed by atoms with E-state index in [4.69, 9.17) is 4.42 Å². The number of hydrogen-bond donors (Lipinski definition) is 4. The van der Waals surface area contributed by atoms with Crippen molar-refractivity contribution < 1.29 is 22.4 Å². The number of amides is 2. The van der Waals surface area contributed by atoms with Gasteiger partial charge in [0, 0.05) is 49.5 Å². The summed E-state index contributed by atoms with van der Waals surface area (Å²) in [4.78, 5) is 25.2. The molecule has 2 amide bonds. The third-order valence-corrected chi connectivity index (χ3v) is 7.34. The van der Waals surface area contributed by atoms with Crippen LogP contribution in [0.2, 0.25) is 0 Å². The highest BCUT2D eigenvalue weighted by Crippen LogP contribution is 2.29. The number of carbonyl (C=O) groups excluding carboxylic acids is 1. The molecule has 0 spiro atoms. The van der Waals surface area contributed by atoms with Gasteiger partial charge in [0.2, 0.25) is 5.82 Å². The van der Waals surface area contributed by atoms with E-state index in [2.05, 4.69) is 36.2 Å². The lowest BCUT2D eigenvalue weighted by Gasteiger charge is -2.40. The summed E-state index contributed by atoms with van der Waals surface area (Å²) < 4.78 is 44.6. The Kier molecular flexibility index (Phi) is 8.38. The quantitative estimate of drug-likeness (QED) is 0.324. The third kappa shape index (κ3) is 6.82. The minimum absolute atomic E-state index is 0.117. The molecule has 4 N–H and O–H groups in total. The Hall–Kier alpha value is -3.87. The Morgan fingerprint density at radius 3 is 2.55 bits per heavy atom. The van der Waals surface area contributed by atoms with E-state index < -0.39 is 12.0 Å². The van der Waals surface area contributed by atoms with E-state index in [1.54, 1.807) is 19.3 Å². The molecule has 0 radical (unpaired) electrons. The predicted octanol–water partition coefficient (Wildman–Crippen LogP) is 4.88. The Morgan fingerprint density at radius 1 is 1.02 bits per heavy atom. The zero-order valence-corrected chi connectivity index (χ0v) is 22.2. The summed E-state index contributed by atoms with van der Waals surface area (Å²) in [6, 6.07) is 7.96. The maximum atomic E-state index is 12.9. The maximum Gasteiger partial charge on any atom is 0.451 e. The average Bonchev–Trinajstić information content (AvgIpc) is 3.42. The highest BCUT2D eigenvalue weighted by atomic mass is 19.4. The van der Waals surface area contributed by atoms with Crippen LogP contribution in [-0.2, 0) is 6.18 Å². The predicted molar refractivity (Wildman–Crippen MR) is 145 cm³/mol. The van der Waals surface area contributed by atoms with E-state index >= 15 is 0 Å². The fraction of sp³-hybridized carbons (Fsp3) is 0.481. The number of hydrogen-bond acceptors (Lipinski definition) is 8. The van der Waals surface area contributed by atoms with Gasteiger partial charge in [-0.05, 0) is 37.8 Å². The number of urea groups is 1. The summed E-state index contributed by atoms with van der Waals surface area (Å²) >= 11 is 0. The van der Waals surface area contributed by atoms with Crippen LogP contribution in [0.4, 0.5) is 35.4 Å². The van der Waals surface area contributed by atoms with Crippen LogP contribution < -0.4 is 26.2 Å². The van der Waals surface area contributed by atoms with E-state index in [1.165, 1.54) is 12.4 Å². The molecule has 5 rings (SSSR count). The Balaban J connectivity index is 1.20. The molecule has 1 aliphatic carbocycles. The van der Waals surface area contributed by atoms with Gasteiger partial charge in [-0.1, -0.05) is 25.0 Å². The van der Waals surface area contributed by atoms with Gasteiger partial charge in [-0.2, -0.15) is 13.2 Å². The van der Waals surface area contributed by atoms with Crippen LogP contribution in [0, 0.1) is 0 Å². The van der Waals surface area contributed by atoms with E-state index in [1.807, 2.05) is 23.1 Å². The summed E-state index contributed by atoms with van der Waals surface area (Å²) in [5.41, 5.74) is 2.03. The van der Waals surface area contributed by atoms with E-state index in [-0.39, 0.29) is 24.2 Å². The molecular formula is C27H33F3N8O2. The minimum Gasteiger partial charge on any atom is -0.424 e. The van der Waals surface area contributed by atoms with Gasteiger partial charge < -0.3 is 30.6 Å². The SMILES string of the molecule is CNC(=O)Nc1cccc(-c2cnc(N[C@@H]3CCCC[C@H]3N[C@H]3CCCN(c4cnc(C(F)(F)F)nc4)C3)o2)c1. The third-order valence-electron chi connectivity index (χ3n) is 7.34. The molecule has 10 nitrogen and oxygen atoms in total. The first kappa shape index (κ1) is 27.7. The molecule has 2 aliphatic rings. The van der Waals surface area contributed by atoms with Gasteiger partial charge in [-0.3, -0.25) is 0 Å². The van der Waals surface area contributed by atoms with Crippen molar-refractivity contribution in [1.29, 1.82) is 0 Å². The summed E-state index contributed by atoms with van der Waals surface area (Å²) in [7, 11) is 1.56. The molecule has 0 unspecified atom stereocenters. The zero-order valence-electron chi connectivity index (χ0n) is 22.2. The number of anilines is 3. The molecule has 3 aromatic rings. The topological polar surface area (TPSA) is 120 Å². The van der Waals surface area contributed by atoms with E-state index in [0.717, 1.165) is 50.6 Å². The van der Waals surface area contributed by atoms with Crippen molar-refractivity contribution in [2.24, 2.45) is 0 Å². The van der Waals surface area contributed by atoms with E-state index in [0.29, 0.717) is 29.7 Å². The standard InChI is InChI=1S/C27H33F3N8O2/c1-31-25(39)36-18-7-4-6-17(12-18)23-15-34-26(40-23)37-22-10-3-2-9-21(22)35-19-8-5-11-38(16-19)20-13-32-24(33-14-20)27(28,29)30/h4,6-7,12-15,19,21-22,35H,2-3,5,8-11,16H2,1H3,(H,34,37)(H2,31,36,39)/t19-,21+,22+/m0/s1. The molecular weight excluding hydrogens is 525 g/mol. The molecule has 1 aromatic carbocycles. The second-order valence-corrected chi connectivity index (χ2v) is 10.2. The number of aromatic nitrogens is 3. The number of piperidine rings is 1. The summed E-state index contributed by atoms with van der Waals surface area (Å²) in [6.07, 6.45) is 5.69. The lowest BCUT2D eigenvalue weighted by molar-refractivity contribution is -0.145. The van der Waals surface area contributed by atoms with Crippen molar-refractivity contribution >= 4 is 23.4 Å². The monoisotopic (exact) mass is 558 g/mol. The number of alkyl halides is 3. The first-order valence-electron chi connectivity index (χ1n) is 13.5. The van der Waals surface area contributed by atoms with Crippen LogP contribution >= 0.6 is 0 Å². The zero-order chi connectivity index (χ0) is 28.1. The lowest BCUT2D eigenvalue weighted by atomic mass is 9.89. The van der Waals surface area contributed by atoms with Gasteiger partial charge in [0.05, 0.1) is 24.3 Å². The Labute approximate surface area is 230 Å².